The van der Waals surface area contributed by atoms with Gasteiger partial charge in [-0.15, -0.1) is 0 Å². The molecule has 13 heavy (non-hydrogen) atoms. The molecule has 1 saturated carbocycles. The van der Waals surface area contributed by atoms with E-state index >= 15 is 0 Å². The first-order valence-corrected chi connectivity index (χ1v) is 5.45. The lowest BCUT2D eigenvalue weighted by atomic mass is 9.74. The normalized spacial score (nSPS) is 26.1. The van der Waals surface area contributed by atoms with Crippen LogP contribution in [0.2, 0.25) is 0 Å². The molecule has 0 saturated heterocycles. The number of carbonyl (C=O) groups is 1. The average molecular weight is 178 g/mol. The van der Waals surface area contributed by atoms with Crippen LogP contribution >= 0.6 is 0 Å². The van der Waals surface area contributed by atoms with Crippen LogP contribution in [0.4, 0.5) is 0 Å². The van der Waals surface area contributed by atoms with E-state index in [2.05, 4.69) is 6.08 Å². The third-order valence-corrected chi connectivity index (χ3v) is 3.65. The highest BCUT2D eigenvalue weighted by atomic mass is 16.1. The summed E-state index contributed by atoms with van der Waals surface area (Å²) in [4.78, 5) is 11.3. The van der Waals surface area contributed by atoms with E-state index in [1.54, 1.807) is 6.92 Å². The summed E-state index contributed by atoms with van der Waals surface area (Å²) in [5, 5.41) is 0. The first kappa shape index (κ1) is 8.98. The molecule has 0 unspecified atom stereocenters. The van der Waals surface area contributed by atoms with Crippen LogP contribution in [0.15, 0.2) is 11.6 Å². The molecule has 0 aromatic heterocycles. The average Bonchev–Trinajstić information content (AvgIpc) is 2.53. The molecule has 0 aromatic carbocycles. The Morgan fingerprint density at radius 3 is 2.46 bits per heavy atom. The number of allylic oxidation sites excluding steroid dienone is 2. The zero-order valence-electron chi connectivity index (χ0n) is 8.44. The standard InChI is InChI=1S/C12H18O/c1-10(13)11-5-4-8-12(9-11)6-2-3-7-12/h9H,2-8H2,1H3. The van der Waals surface area contributed by atoms with Gasteiger partial charge in [-0.25, -0.2) is 0 Å². The second kappa shape index (κ2) is 3.28. The fraction of sp³-hybridized carbons (Fsp3) is 0.750. The van der Waals surface area contributed by atoms with Gasteiger partial charge >= 0.3 is 0 Å². The highest BCUT2D eigenvalue weighted by Crippen LogP contribution is 2.47. The molecule has 1 spiro atoms. The van der Waals surface area contributed by atoms with E-state index in [1.165, 1.54) is 38.5 Å². The smallest absolute Gasteiger partial charge is 0.155 e. The Hall–Kier alpha value is -0.590. The molecule has 0 bridgehead atoms. The molecule has 1 fully saturated rings. The Morgan fingerprint density at radius 1 is 1.23 bits per heavy atom. The molecule has 1 nitrogen and oxygen atoms in total. The van der Waals surface area contributed by atoms with E-state index in [0.717, 1.165) is 12.0 Å². The number of hydrogen-bond acceptors (Lipinski definition) is 1. The van der Waals surface area contributed by atoms with Gasteiger partial charge in [0.1, 0.15) is 0 Å². The van der Waals surface area contributed by atoms with Gasteiger partial charge in [-0.1, -0.05) is 18.9 Å². The zero-order valence-corrected chi connectivity index (χ0v) is 8.44. The molecule has 2 aliphatic rings. The summed E-state index contributed by atoms with van der Waals surface area (Å²) in [6.45, 7) is 1.71. The lowest BCUT2D eigenvalue weighted by Gasteiger charge is -2.30. The van der Waals surface area contributed by atoms with E-state index < -0.39 is 0 Å². The maximum atomic E-state index is 11.3. The van der Waals surface area contributed by atoms with Crippen molar-refractivity contribution in [3.63, 3.8) is 0 Å². The Morgan fingerprint density at radius 2 is 1.85 bits per heavy atom. The third kappa shape index (κ3) is 1.70. The Balaban J connectivity index is 2.21. The van der Waals surface area contributed by atoms with E-state index in [-0.39, 0.29) is 0 Å². The van der Waals surface area contributed by atoms with Gasteiger partial charge in [-0.2, -0.15) is 0 Å². The fourth-order valence-electron chi connectivity index (χ4n) is 2.90. The van der Waals surface area contributed by atoms with Gasteiger partial charge in [0.2, 0.25) is 0 Å². The van der Waals surface area contributed by atoms with Crippen LogP contribution in [-0.2, 0) is 4.79 Å². The number of Topliss-reactive ketones (excluding diaryl/α,β-unsaturated/α-hetero) is 1. The lowest BCUT2D eigenvalue weighted by Crippen LogP contribution is -2.19. The highest BCUT2D eigenvalue weighted by Gasteiger charge is 2.34. The number of hydrogen-bond donors (Lipinski definition) is 0. The SMILES string of the molecule is CC(=O)C1=CC2(CCCC2)CCC1. The van der Waals surface area contributed by atoms with E-state index in [1.807, 2.05) is 0 Å². The summed E-state index contributed by atoms with van der Waals surface area (Å²) in [5.41, 5.74) is 1.55. The minimum Gasteiger partial charge on any atom is -0.295 e. The van der Waals surface area contributed by atoms with E-state index in [9.17, 15) is 4.79 Å². The van der Waals surface area contributed by atoms with Gasteiger partial charge in [0.15, 0.2) is 5.78 Å². The minimum atomic E-state index is 0.297. The van der Waals surface area contributed by atoms with Crippen molar-refractivity contribution >= 4 is 5.78 Å². The quantitative estimate of drug-likeness (QED) is 0.602. The molecule has 2 aliphatic carbocycles. The zero-order chi connectivity index (χ0) is 9.31. The van der Waals surface area contributed by atoms with Crippen molar-refractivity contribution in [2.24, 2.45) is 5.41 Å². The summed E-state index contributed by atoms with van der Waals surface area (Å²) in [7, 11) is 0. The third-order valence-electron chi connectivity index (χ3n) is 3.65. The summed E-state index contributed by atoms with van der Waals surface area (Å²) in [6, 6.07) is 0. The molecular formula is C12H18O. The van der Waals surface area contributed by atoms with Crippen LogP contribution in [-0.4, -0.2) is 5.78 Å². The number of rotatable bonds is 1. The molecule has 2 rings (SSSR count). The maximum absolute atomic E-state index is 11.3. The topological polar surface area (TPSA) is 17.1 Å². The summed E-state index contributed by atoms with van der Waals surface area (Å²) >= 11 is 0. The molecule has 0 N–H and O–H groups in total. The van der Waals surface area contributed by atoms with Gasteiger partial charge in [-0.3, -0.25) is 4.79 Å². The van der Waals surface area contributed by atoms with Crippen molar-refractivity contribution in [3.8, 4) is 0 Å². The Labute approximate surface area is 80.2 Å². The fourth-order valence-corrected chi connectivity index (χ4v) is 2.90. The van der Waals surface area contributed by atoms with Crippen molar-refractivity contribution < 1.29 is 4.79 Å². The molecule has 0 atom stereocenters. The summed E-state index contributed by atoms with van der Waals surface area (Å²) in [6.07, 6.45) is 11.3. The molecule has 0 aliphatic heterocycles. The molecule has 0 radical (unpaired) electrons. The summed E-state index contributed by atoms with van der Waals surface area (Å²) < 4.78 is 0. The van der Waals surface area contributed by atoms with Crippen molar-refractivity contribution in [2.45, 2.75) is 51.9 Å². The van der Waals surface area contributed by atoms with Gasteiger partial charge in [0.25, 0.3) is 0 Å². The predicted octanol–water partition coefficient (Wildman–Crippen LogP) is 3.25. The Bertz CT molecular complexity index is 244. The molecule has 72 valence electrons. The predicted molar refractivity (Wildman–Crippen MR) is 53.5 cm³/mol. The van der Waals surface area contributed by atoms with Crippen molar-refractivity contribution in [1.82, 2.24) is 0 Å². The maximum Gasteiger partial charge on any atom is 0.155 e. The first-order valence-electron chi connectivity index (χ1n) is 5.45. The van der Waals surface area contributed by atoms with Gasteiger partial charge < -0.3 is 0 Å². The van der Waals surface area contributed by atoms with Crippen molar-refractivity contribution in [2.75, 3.05) is 0 Å². The van der Waals surface area contributed by atoms with Crippen LogP contribution in [0, 0.1) is 5.41 Å². The largest absolute Gasteiger partial charge is 0.295 e. The van der Waals surface area contributed by atoms with Crippen LogP contribution in [0.25, 0.3) is 0 Å². The summed E-state index contributed by atoms with van der Waals surface area (Å²) in [5.74, 6) is 0.297. The minimum absolute atomic E-state index is 0.297. The van der Waals surface area contributed by atoms with Crippen molar-refractivity contribution in [3.05, 3.63) is 11.6 Å². The van der Waals surface area contributed by atoms with E-state index in [4.69, 9.17) is 0 Å². The Kier molecular flexibility index (Phi) is 2.27. The molecule has 1 heteroatoms. The van der Waals surface area contributed by atoms with Crippen LogP contribution in [0.3, 0.4) is 0 Å². The van der Waals surface area contributed by atoms with Crippen LogP contribution < -0.4 is 0 Å². The van der Waals surface area contributed by atoms with Gasteiger partial charge in [0, 0.05) is 0 Å². The second-order valence-corrected chi connectivity index (χ2v) is 4.65. The monoisotopic (exact) mass is 178 g/mol. The molecule has 0 heterocycles. The van der Waals surface area contributed by atoms with Crippen molar-refractivity contribution in [1.29, 1.82) is 0 Å². The number of ketones is 1. The second-order valence-electron chi connectivity index (χ2n) is 4.65. The number of carbonyl (C=O) groups excluding carboxylic acids is 1. The van der Waals surface area contributed by atoms with E-state index in [0.29, 0.717) is 11.2 Å². The highest BCUT2D eigenvalue weighted by molar-refractivity contribution is 5.93. The molecule has 0 aromatic rings. The lowest BCUT2D eigenvalue weighted by molar-refractivity contribution is -0.113. The van der Waals surface area contributed by atoms with Gasteiger partial charge in [0.05, 0.1) is 0 Å². The van der Waals surface area contributed by atoms with Gasteiger partial charge in [-0.05, 0) is 50.0 Å². The molecular weight excluding hydrogens is 160 g/mol. The van der Waals surface area contributed by atoms with Crippen LogP contribution in [0.1, 0.15) is 51.9 Å². The molecule has 0 amide bonds. The van der Waals surface area contributed by atoms with Crippen LogP contribution in [0.5, 0.6) is 0 Å². The first-order chi connectivity index (χ1) is 6.22.